The van der Waals surface area contributed by atoms with Gasteiger partial charge in [0.25, 0.3) is 5.56 Å². The smallest absolute Gasteiger partial charge is 0.338 e. The summed E-state index contributed by atoms with van der Waals surface area (Å²) in [5.74, 6) is 0.464. The summed E-state index contributed by atoms with van der Waals surface area (Å²) < 4.78 is 17.7. The zero-order chi connectivity index (χ0) is 24.4. The van der Waals surface area contributed by atoms with Gasteiger partial charge in [0.2, 0.25) is 0 Å². The fourth-order valence-corrected chi connectivity index (χ4v) is 4.88. The van der Waals surface area contributed by atoms with Crippen LogP contribution in [0.5, 0.6) is 17.2 Å². The Morgan fingerprint density at radius 1 is 1.18 bits per heavy atom. The van der Waals surface area contributed by atoms with Gasteiger partial charge in [-0.2, -0.15) is 0 Å². The molecule has 4 rings (SSSR count). The van der Waals surface area contributed by atoms with Gasteiger partial charge in [0, 0.05) is 0 Å². The minimum Gasteiger partial charge on any atom is -0.504 e. The summed E-state index contributed by atoms with van der Waals surface area (Å²) in [5, 5.41) is 9.87. The topological polar surface area (TPSA) is 99.4 Å². The molecule has 0 bridgehead atoms. The van der Waals surface area contributed by atoms with E-state index in [1.54, 1.807) is 51.3 Å². The molecule has 1 atom stereocenters. The van der Waals surface area contributed by atoms with Gasteiger partial charge in [0.1, 0.15) is 5.75 Å². The molecule has 0 fully saturated rings. The number of hydrogen-bond acceptors (Lipinski definition) is 8. The minimum absolute atomic E-state index is 0.00955. The highest BCUT2D eigenvalue weighted by atomic mass is 32.1. The molecule has 0 saturated heterocycles. The maximum Gasteiger partial charge on any atom is 0.338 e. The molecule has 1 aliphatic heterocycles. The fraction of sp³-hybridized carbons (Fsp3) is 0.240. The molecular weight excluding hydrogens is 456 g/mol. The van der Waals surface area contributed by atoms with Crippen LogP contribution in [0.1, 0.15) is 31.0 Å². The number of nitrogens with zero attached hydrogens (tertiary/aromatic N) is 2. The number of rotatable bonds is 6. The Hall–Kier alpha value is -3.85. The minimum atomic E-state index is -0.697. The lowest BCUT2D eigenvalue weighted by Gasteiger charge is -2.24. The van der Waals surface area contributed by atoms with E-state index in [0.29, 0.717) is 37.7 Å². The molecule has 9 heteroatoms. The predicted octanol–water partition coefficient (Wildman–Crippen LogP) is 2.52. The van der Waals surface area contributed by atoms with E-state index < -0.39 is 12.0 Å². The van der Waals surface area contributed by atoms with Gasteiger partial charge in [-0.3, -0.25) is 9.36 Å². The molecular formula is C25H24N2O6S. The molecule has 8 nitrogen and oxygen atoms in total. The molecule has 1 aliphatic rings. The van der Waals surface area contributed by atoms with Crippen molar-refractivity contribution >= 4 is 23.4 Å². The number of phenolic OH excluding ortho intramolecular Hbond substituents is 1. The Morgan fingerprint density at radius 3 is 2.56 bits per heavy atom. The Labute approximate surface area is 199 Å². The van der Waals surface area contributed by atoms with Crippen molar-refractivity contribution in [1.29, 1.82) is 0 Å². The van der Waals surface area contributed by atoms with Crippen molar-refractivity contribution in [2.75, 3.05) is 20.8 Å². The molecule has 1 N–H and O–H groups in total. The highest BCUT2D eigenvalue weighted by Crippen LogP contribution is 2.31. The number of hydrogen-bond donors (Lipinski definition) is 1. The molecule has 2 aromatic carbocycles. The molecule has 0 saturated carbocycles. The average Bonchev–Trinajstić information content (AvgIpc) is 3.13. The second-order valence-electron chi connectivity index (χ2n) is 7.51. The number of esters is 1. The van der Waals surface area contributed by atoms with Crippen molar-refractivity contribution in [2.45, 2.75) is 19.9 Å². The van der Waals surface area contributed by atoms with Crippen LogP contribution in [0.25, 0.3) is 6.08 Å². The monoisotopic (exact) mass is 480 g/mol. The molecule has 0 amide bonds. The number of methoxy groups -OCH3 is 2. The molecule has 0 spiro atoms. The third kappa shape index (κ3) is 4.22. The van der Waals surface area contributed by atoms with Crippen LogP contribution in [-0.2, 0) is 9.53 Å². The average molecular weight is 481 g/mol. The fourth-order valence-electron chi connectivity index (χ4n) is 3.83. The predicted molar refractivity (Wildman–Crippen MR) is 128 cm³/mol. The van der Waals surface area contributed by atoms with Crippen molar-refractivity contribution in [3.05, 3.63) is 84.5 Å². The Balaban J connectivity index is 1.93. The summed E-state index contributed by atoms with van der Waals surface area (Å²) in [7, 11) is 3.03. The quantitative estimate of drug-likeness (QED) is 0.545. The molecule has 2 heterocycles. The van der Waals surface area contributed by atoms with Crippen molar-refractivity contribution in [3.8, 4) is 17.2 Å². The largest absolute Gasteiger partial charge is 0.504 e. The molecule has 0 radical (unpaired) electrons. The van der Waals surface area contributed by atoms with Crippen LogP contribution >= 0.6 is 11.3 Å². The Bertz CT molecular complexity index is 1450. The van der Waals surface area contributed by atoms with Crippen LogP contribution in [0.4, 0.5) is 0 Å². The van der Waals surface area contributed by atoms with Crippen molar-refractivity contribution in [2.24, 2.45) is 4.99 Å². The number of thiazole rings is 1. The zero-order valence-corrected chi connectivity index (χ0v) is 20.0. The second-order valence-corrected chi connectivity index (χ2v) is 8.52. The third-order valence-electron chi connectivity index (χ3n) is 5.45. The highest BCUT2D eigenvalue weighted by molar-refractivity contribution is 7.07. The summed E-state index contributed by atoms with van der Waals surface area (Å²) in [6.07, 6.45) is 1.71. The summed E-state index contributed by atoms with van der Waals surface area (Å²) in [6, 6.07) is 11.4. The van der Waals surface area contributed by atoms with Crippen LogP contribution < -0.4 is 24.4 Å². The lowest BCUT2D eigenvalue weighted by Crippen LogP contribution is -2.39. The van der Waals surface area contributed by atoms with E-state index in [1.807, 2.05) is 12.1 Å². The van der Waals surface area contributed by atoms with E-state index in [4.69, 9.17) is 14.2 Å². The number of benzene rings is 2. The SMILES string of the molecule is CCOC(=O)C1=C(C)N=c2sc(=Cc3ccc(O)c(OC)c3)c(=O)n2[C@H]1c1ccc(OC)cc1. The maximum atomic E-state index is 13.6. The van der Waals surface area contributed by atoms with Gasteiger partial charge in [0.05, 0.1) is 42.7 Å². The van der Waals surface area contributed by atoms with E-state index in [0.717, 1.165) is 5.56 Å². The van der Waals surface area contributed by atoms with Crippen LogP contribution in [0.2, 0.25) is 0 Å². The highest BCUT2D eigenvalue weighted by Gasteiger charge is 2.33. The van der Waals surface area contributed by atoms with Crippen LogP contribution in [-0.4, -0.2) is 36.5 Å². The van der Waals surface area contributed by atoms with Gasteiger partial charge in [-0.1, -0.05) is 29.5 Å². The van der Waals surface area contributed by atoms with Crippen molar-refractivity contribution in [3.63, 3.8) is 0 Å². The van der Waals surface area contributed by atoms with E-state index >= 15 is 0 Å². The number of phenols is 1. The summed E-state index contributed by atoms with van der Waals surface area (Å²) in [4.78, 5) is 31.5. The summed E-state index contributed by atoms with van der Waals surface area (Å²) in [5.41, 5.74) is 1.95. The third-order valence-corrected chi connectivity index (χ3v) is 6.43. The van der Waals surface area contributed by atoms with Crippen LogP contribution in [0, 0.1) is 0 Å². The van der Waals surface area contributed by atoms with Crippen LogP contribution in [0.3, 0.4) is 0 Å². The molecule has 1 aromatic heterocycles. The summed E-state index contributed by atoms with van der Waals surface area (Å²) >= 11 is 1.23. The maximum absolute atomic E-state index is 13.6. The standard InChI is InChI=1S/C25H24N2O6S/c1-5-33-24(30)21-14(2)26-25-27(22(21)16-7-9-17(31-3)10-8-16)23(29)20(34-25)13-15-6-11-18(28)19(12-15)32-4/h6-13,22,28H,5H2,1-4H3/t22-/m0/s1. The molecule has 0 aliphatic carbocycles. The van der Waals surface area contributed by atoms with Gasteiger partial charge < -0.3 is 19.3 Å². The molecule has 176 valence electrons. The van der Waals surface area contributed by atoms with Gasteiger partial charge in [0.15, 0.2) is 16.3 Å². The van der Waals surface area contributed by atoms with Crippen LogP contribution in [0.15, 0.2) is 63.5 Å². The van der Waals surface area contributed by atoms with E-state index in [2.05, 4.69) is 4.99 Å². The lowest BCUT2D eigenvalue weighted by molar-refractivity contribution is -0.139. The Morgan fingerprint density at radius 2 is 1.91 bits per heavy atom. The number of carbonyl (C=O) groups is 1. The first kappa shape index (κ1) is 23.3. The zero-order valence-electron chi connectivity index (χ0n) is 19.2. The number of carbonyl (C=O) groups excluding carboxylic acids is 1. The van der Waals surface area contributed by atoms with Gasteiger partial charge in [-0.05, 0) is 55.3 Å². The molecule has 0 unspecified atom stereocenters. The first-order chi connectivity index (χ1) is 16.4. The number of aromatic nitrogens is 1. The Kier molecular flexibility index (Phi) is 6.56. The second kappa shape index (κ2) is 9.56. The van der Waals surface area contributed by atoms with Gasteiger partial charge in [-0.15, -0.1) is 0 Å². The number of ether oxygens (including phenoxy) is 3. The van der Waals surface area contributed by atoms with E-state index in [1.165, 1.54) is 29.1 Å². The summed E-state index contributed by atoms with van der Waals surface area (Å²) in [6.45, 7) is 3.68. The van der Waals surface area contributed by atoms with E-state index in [9.17, 15) is 14.7 Å². The van der Waals surface area contributed by atoms with Crippen molar-refractivity contribution in [1.82, 2.24) is 4.57 Å². The number of fused-ring (bicyclic) bond motifs is 1. The van der Waals surface area contributed by atoms with Gasteiger partial charge >= 0.3 is 5.97 Å². The lowest BCUT2D eigenvalue weighted by atomic mass is 9.96. The van der Waals surface area contributed by atoms with Crippen molar-refractivity contribution < 1.29 is 24.1 Å². The molecule has 3 aromatic rings. The van der Waals surface area contributed by atoms with Gasteiger partial charge in [-0.25, -0.2) is 9.79 Å². The first-order valence-corrected chi connectivity index (χ1v) is 11.4. The normalized spacial score (nSPS) is 15.5. The number of allylic oxidation sites excluding steroid dienone is 1. The number of aromatic hydroxyl groups is 1. The molecule has 34 heavy (non-hydrogen) atoms. The van der Waals surface area contributed by atoms with E-state index in [-0.39, 0.29) is 17.9 Å². The first-order valence-electron chi connectivity index (χ1n) is 10.6.